The van der Waals surface area contributed by atoms with E-state index in [0.717, 1.165) is 12.0 Å². The van der Waals surface area contributed by atoms with Gasteiger partial charge in [-0.15, -0.1) is 0 Å². The van der Waals surface area contributed by atoms with Crippen molar-refractivity contribution in [2.75, 3.05) is 20.6 Å². The summed E-state index contributed by atoms with van der Waals surface area (Å²) in [7, 11) is 4.05. The van der Waals surface area contributed by atoms with Crippen molar-refractivity contribution >= 4 is 29.1 Å². The first-order valence-corrected chi connectivity index (χ1v) is 10.5. The maximum Gasteiger partial charge on any atom is 0.220 e. The van der Waals surface area contributed by atoms with Gasteiger partial charge >= 0.3 is 0 Å². The van der Waals surface area contributed by atoms with Gasteiger partial charge in [0.15, 0.2) is 11.7 Å². The maximum atomic E-state index is 12.3. The van der Waals surface area contributed by atoms with Crippen molar-refractivity contribution in [3.8, 4) is 11.3 Å². The number of oxazole rings is 1. The van der Waals surface area contributed by atoms with E-state index >= 15 is 0 Å². The molecule has 1 aromatic heterocycles. The van der Waals surface area contributed by atoms with Crippen molar-refractivity contribution in [2.45, 2.75) is 25.3 Å². The molecule has 3 aromatic rings. The van der Waals surface area contributed by atoms with Crippen LogP contribution in [0, 0.1) is 0 Å². The van der Waals surface area contributed by atoms with E-state index in [4.69, 9.17) is 27.6 Å². The molecular formula is C23H25Cl2N3O2. The number of likely N-dealkylation sites (N-methyl/N-ethyl adjacent to an activating group) is 1. The van der Waals surface area contributed by atoms with Crippen molar-refractivity contribution < 1.29 is 9.21 Å². The van der Waals surface area contributed by atoms with Gasteiger partial charge in [-0.05, 0) is 44.3 Å². The lowest BCUT2D eigenvalue weighted by molar-refractivity contribution is -0.121. The molecule has 5 nitrogen and oxygen atoms in total. The van der Waals surface area contributed by atoms with Crippen molar-refractivity contribution in [1.82, 2.24) is 15.2 Å². The predicted octanol–water partition coefficient (Wildman–Crippen LogP) is 4.87. The van der Waals surface area contributed by atoms with Gasteiger partial charge < -0.3 is 14.6 Å². The maximum absolute atomic E-state index is 12.3. The molecule has 0 radical (unpaired) electrons. The fraction of sp³-hybridized carbons (Fsp3) is 0.304. The minimum absolute atomic E-state index is 0.0285. The van der Waals surface area contributed by atoms with E-state index < -0.39 is 0 Å². The van der Waals surface area contributed by atoms with Crippen molar-refractivity contribution in [2.24, 2.45) is 0 Å². The molecule has 0 aliphatic heterocycles. The molecule has 1 atom stereocenters. The Balaban J connectivity index is 1.50. The molecule has 1 heterocycles. The molecule has 7 heteroatoms. The van der Waals surface area contributed by atoms with Gasteiger partial charge in [0.1, 0.15) is 0 Å². The first-order chi connectivity index (χ1) is 14.4. The van der Waals surface area contributed by atoms with Crippen LogP contribution in [-0.2, 0) is 17.6 Å². The van der Waals surface area contributed by atoms with Crippen LogP contribution in [0.25, 0.3) is 11.3 Å². The zero-order valence-corrected chi connectivity index (χ0v) is 18.6. The number of aryl methyl sites for hydroxylation is 1. The summed E-state index contributed by atoms with van der Waals surface area (Å²) in [5, 5.41) is 4.08. The van der Waals surface area contributed by atoms with Crippen LogP contribution in [-0.4, -0.2) is 42.5 Å². The summed E-state index contributed by atoms with van der Waals surface area (Å²) in [6, 6.07) is 15.7. The third-order valence-electron chi connectivity index (χ3n) is 4.90. The van der Waals surface area contributed by atoms with Crippen LogP contribution in [0.4, 0.5) is 0 Å². The van der Waals surface area contributed by atoms with Crippen LogP contribution < -0.4 is 5.32 Å². The summed E-state index contributed by atoms with van der Waals surface area (Å²) in [5.41, 5.74) is 1.97. The lowest BCUT2D eigenvalue weighted by atomic mass is 10.1. The smallest absolute Gasteiger partial charge is 0.220 e. The molecule has 0 saturated heterocycles. The fourth-order valence-corrected chi connectivity index (χ4v) is 3.61. The first-order valence-electron chi connectivity index (χ1n) is 9.79. The van der Waals surface area contributed by atoms with E-state index in [1.54, 1.807) is 24.4 Å². The van der Waals surface area contributed by atoms with Gasteiger partial charge in [0, 0.05) is 36.0 Å². The molecule has 3 rings (SSSR count). The summed E-state index contributed by atoms with van der Waals surface area (Å²) in [5.74, 6) is 1.03. The lowest BCUT2D eigenvalue weighted by Crippen LogP contribution is -2.41. The quantitative estimate of drug-likeness (QED) is 0.510. The highest BCUT2D eigenvalue weighted by molar-refractivity contribution is 6.36. The molecule has 0 bridgehead atoms. The highest BCUT2D eigenvalue weighted by Gasteiger charge is 2.15. The summed E-state index contributed by atoms with van der Waals surface area (Å²) in [6.45, 7) is 0.581. The van der Waals surface area contributed by atoms with Crippen molar-refractivity contribution in [1.29, 1.82) is 0 Å². The summed E-state index contributed by atoms with van der Waals surface area (Å²) in [6.07, 6.45) is 3.21. The van der Waals surface area contributed by atoms with Crippen LogP contribution in [0.3, 0.4) is 0 Å². The zero-order valence-electron chi connectivity index (χ0n) is 17.1. The van der Waals surface area contributed by atoms with Crippen LogP contribution in [0.2, 0.25) is 10.0 Å². The monoisotopic (exact) mass is 445 g/mol. The number of rotatable bonds is 9. The Labute approximate surface area is 187 Å². The van der Waals surface area contributed by atoms with E-state index in [1.807, 2.05) is 32.3 Å². The second-order valence-corrected chi connectivity index (χ2v) is 8.20. The molecule has 1 unspecified atom stereocenters. The van der Waals surface area contributed by atoms with E-state index in [0.29, 0.717) is 41.1 Å². The molecule has 0 aliphatic rings. The number of hydrogen-bond donors (Lipinski definition) is 1. The van der Waals surface area contributed by atoms with E-state index in [2.05, 4.69) is 27.3 Å². The Morgan fingerprint density at radius 3 is 2.63 bits per heavy atom. The van der Waals surface area contributed by atoms with Gasteiger partial charge in [-0.1, -0.05) is 53.5 Å². The Kier molecular flexibility index (Phi) is 7.91. The first kappa shape index (κ1) is 22.3. The number of hydrogen-bond acceptors (Lipinski definition) is 4. The predicted molar refractivity (Wildman–Crippen MR) is 121 cm³/mol. The SMILES string of the molecule is CN(C)C(CNC(=O)CCc1ncc(-c2ccc(Cl)cc2Cl)o1)Cc1ccccc1. The third kappa shape index (κ3) is 6.33. The van der Waals surface area contributed by atoms with Crippen LogP contribution in [0.5, 0.6) is 0 Å². The largest absolute Gasteiger partial charge is 0.441 e. The Morgan fingerprint density at radius 1 is 1.17 bits per heavy atom. The number of halogens is 2. The van der Waals surface area contributed by atoms with Crippen molar-refractivity contribution in [3.05, 3.63) is 76.2 Å². The number of nitrogens with one attached hydrogen (secondary N) is 1. The number of benzene rings is 2. The number of aromatic nitrogens is 1. The minimum Gasteiger partial charge on any atom is -0.441 e. The third-order valence-corrected chi connectivity index (χ3v) is 5.44. The van der Waals surface area contributed by atoms with E-state index in [-0.39, 0.29) is 11.9 Å². The molecule has 0 saturated carbocycles. The average Bonchev–Trinajstić information content (AvgIpc) is 3.18. The van der Waals surface area contributed by atoms with Crippen molar-refractivity contribution in [3.63, 3.8) is 0 Å². The molecule has 0 fully saturated rings. The molecular weight excluding hydrogens is 421 g/mol. The molecule has 158 valence electrons. The molecule has 0 spiro atoms. The Hall–Kier alpha value is -2.34. The number of carbonyl (C=O) groups excluding carboxylic acids is 1. The van der Waals surface area contributed by atoms with Crippen LogP contribution in [0.1, 0.15) is 17.9 Å². The standard InChI is InChI=1S/C23H25Cl2N3O2/c1-28(2)18(12-16-6-4-3-5-7-16)14-26-22(29)10-11-23-27-15-21(30-23)19-9-8-17(24)13-20(19)25/h3-9,13,15,18H,10-12,14H2,1-2H3,(H,26,29). The second kappa shape index (κ2) is 10.6. The number of nitrogens with zero attached hydrogens (tertiary/aromatic N) is 2. The molecule has 1 amide bonds. The molecule has 0 aliphatic carbocycles. The van der Waals surface area contributed by atoms with Gasteiger partial charge in [-0.2, -0.15) is 0 Å². The van der Waals surface area contributed by atoms with Crippen LogP contribution >= 0.6 is 23.2 Å². The summed E-state index contributed by atoms with van der Waals surface area (Å²) < 4.78 is 5.76. The number of carbonyl (C=O) groups is 1. The lowest BCUT2D eigenvalue weighted by Gasteiger charge is -2.24. The average molecular weight is 446 g/mol. The Morgan fingerprint density at radius 2 is 1.93 bits per heavy atom. The Bertz CT molecular complexity index is 974. The summed E-state index contributed by atoms with van der Waals surface area (Å²) >= 11 is 12.1. The molecule has 2 aromatic carbocycles. The normalized spacial score (nSPS) is 12.2. The van der Waals surface area contributed by atoms with E-state index in [1.165, 1.54) is 5.56 Å². The second-order valence-electron chi connectivity index (χ2n) is 7.35. The van der Waals surface area contributed by atoms with Gasteiger partial charge in [-0.25, -0.2) is 4.98 Å². The molecule has 1 N–H and O–H groups in total. The van der Waals surface area contributed by atoms with E-state index in [9.17, 15) is 4.79 Å². The zero-order chi connectivity index (χ0) is 21.5. The summed E-state index contributed by atoms with van der Waals surface area (Å²) in [4.78, 5) is 18.7. The van der Waals surface area contributed by atoms with Gasteiger partial charge in [0.05, 0.1) is 11.2 Å². The minimum atomic E-state index is -0.0285. The van der Waals surface area contributed by atoms with Gasteiger partial charge in [-0.3, -0.25) is 4.79 Å². The number of amides is 1. The van der Waals surface area contributed by atoms with Crippen LogP contribution in [0.15, 0.2) is 59.1 Å². The van der Waals surface area contributed by atoms with Gasteiger partial charge in [0.25, 0.3) is 0 Å². The highest BCUT2D eigenvalue weighted by atomic mass is 35.5. The fourth-order valence-electron chi connectivity index (χ4n) is 3.10. The van der Waals surface area contributed by atoms with Gasteiger partial charge in [0.2, 0.25) is 5.91 Å². The topological polar surface area (TPSA) is 58.4 Å². The molecule has 30 heavy (non-hydrogen) atoms. The highest BCUT2D eigenvalue weighted by Crippen LogP contribution is 2.30.